The Kier molecular flexibility index (Phi) is 3.88. The summed E-state index contributed by atoms with van der Waals surface area (Å²) >= 11 is 7.37. The Labute approximate surface area is 113 Å². The molecule has 94 valence electrons. The molecule has 7 heteroatoms. The minimum Gasteiger partial charge on any atom is -0.462 e. The highest BCUT2D eigenvalue weighted by Crippen LogP contribution is 2.22. The smallest absolute Gasteiger partial charge is 0.342 e. The maximum absolute atomic E-state index is 11.5. The Morgan fingerprint density at radius 2 is 2.28 bits per heavy atom. The second-order valence-corrected chi connectivity index (χ2v) is 4.63. The minimum atomic E-state index is -0.524. The lowest BCUT2D eigenvalue weighted by Gasteiger charge is -2.03. The molecule has 0 aromatic carbocycles. The Balaban J connectivity index is 2.33. The molecule has 0 saturated heterocycles. The van der Waals surface area contributed by atoms with Crippen molar-refractivity contribution in [2.75, 3.05) is 6.61 Å². The molecule has 0 bridgehead atoms. The predicted molar refractivity (Wildman–Crippen MR) is 68.8 cm³/mol. The van der Waals surface area contributed by atoms with Gasteiger partial charge in [0.1, 0.15) is 10.7 Å². The lowest BCUT2D eigenvalue weighted by molar-refractivity contribution is 0.0525. The Bertz CT molecular complexity index is 585. The standard InChI is InChI=1S/C11H10ClN3O2S/c1-3-17-11(16)7-4-13-9(15-8(7)12)10-14-6(2)5-18-10/h4-5H,3H2,1-2H3. The number of hydrogen-bond acceptors (Lipinski definition) is 6. The molecule has 18 heavy (non-hydrogen) atoms. The number of halogens is 1. The lowest BCUT2D eigenvalue weighted by Crippen LogP contribution is -2.07. The van der Waals surface area contributed by atoms with Crippen LogP contribution in [0.15, 0.2) is 11.6 Å². The van der Waals surface area contributed by atoms with Gasteiger partial charge in [-0.2, -0.15) is 0 Å². The largest absolute Gasteiger partial charge is 0.462 e. The summed E-state index contributed by atoms with van der Waals surface area (Å²) in [7, 11) is 0. The van der Waals surface area contributed by atoms with Crippen molar-refractivity contribution in [3.8, 4) is 10.8 Å². The van der Waals surface area contributed by atoms with E-state index in [9.17, 15) is 4.79 Å². The molecule has 5 nitrogen and oxygen atoms in total. The summed E-state index contributed by atoms with van der Waals surface area (Å²) in [5.74, 6) is -0.115. The van der Waals surface area contributed by atoms with Crippen molar-refractivity contribution in [1.82, 2.24) is 15.0 Å². The molecule has 2 aromatic heterocycles. The van der Waals surface area contributed by atoms with Crippen LogP contribution in [-0.2, 0) is 4.74 Å². The summed E-state index contributed by atoms with van der Waals surface area (Å²) in [5, 5.41) is 2.64. The fraction of sp³-hybridized carbons (Fsp3) is 0.273. The van der Waals surface area contributed by atoms with Gasteiger partial charge in [-0.1, -0.05) is 11.6 Å². The zero-order valence-corrected chi connectivity index (χ0v) is 11.4. The molecule has 0 atom stereocenters. The van der Waals surface area contributed by atoms with Gasteiger partial charge in [-0.15, -0.1) is 11.3 Å². The topological polar surface area (TPSA) is 65.0 Å². The second-order valence-electron chi connectivity index (χ2n) is 3.41. The van der Waals surface area contributed by atoms with Gasteiger partial charge < -0.3 is 4.74 Å². The van der Waals surface area contributed by atoms with E-state index >= 15 is 0 Å². The number of carbonyl (C=O) groups is 1. The molecule has 0 saturated carbocycles. The van der Waals surface area contributed by atoms with Crippen molar-refractivity contribution in [2.24, 2.45) is 0 Å². The van der Waals surface area contributed by atoms with Crippen LogP contribution in [0.4, 0.5) is 0 Å². The molecule has 0 aliphatic rings. The van der Waals surface area contributed by atoms with E-state index in [2.05, 4.69) is 15.0 Å². The maximum Gasteiger partial charge on any atom is 0.342 e. The van der Waals surface area contributed by atoms with Gasteiger partial charge in [0.05, 0.1) is 6.61 Å². The van der Waals surface area contributed by atoms with Crippen molar-refractivity contribution in [2.45, 2.75) is 13.8 Å². The van der Waals surface area contributed by atoms with E-state index in [0.717, 1.165) is 5.69 Å². The van der Waals surface area contributed by atoms with Gasteiger partial charge in [0, 0.05) is 17.3 Å². The Morgan fingerprint density at radius 1 is 1.50 bits per heavy atom. The highest BCUT2D eigenvalue weighted by atomic mass is 35.5. The van der Waals surface area contributed by atoms with E-state index in [1.807, 2.05) is 12.3 Å². The third-order valence-electron chi connectivity index (χ3n) is 2.05. The van der Waals surface area contributed by atoms with Gasteiger partial charge in [0.25, 0.3) is 0 Å². The van der Waals surface area contributed by atoms with Gasteiger partial charge in [-0.25, -0.2) is 19.7 Å². The third-order valence-corrected chi connectivity index (χ3v) is 3.29. The number of aryl methyl sites for hydroxylation is 1. The highest BCUT2D eigenvalue weighted by molar-refractivity contribution is 7.13. The summed E-state index contributed by atoms with van der Waals surface area (Å²) < 4.78 is 4.84. The summed E-state index contributed by atoms with van der Waals surface area (Å²) in [4.78, 5) is 23.9. The first kappa shape index (κ1) is 12.9. The summed E-state index contributed by atoms with van der Waals surface area (Å²) in [6.45, 7) is 3.89. The Hall–Kier alpha value is -1.53. The van der Waals surface area contributed by atoms with Crippen LogP contribution >= 0.6 is 22.9 Å². The summed E-state index contributed by atoms with van der Waals surface area (Å²) in [6.07, 6.45) is 1.36. The van der Waals surface area contributed by atoms with E-state index < -0.39 is 5.97 Å². The fourth-order valence-electron chi connectivity index (χ4n) is 1.27. The van der Waals surface area contributed by atoms with E-state index in [1.54, 1.807) is 6.92 Å². The molecule has 0 unspecified atom stereocenters. The number of nitrogens with zero attached hydrogens (tertiary/aromatic N) is 3. The molecule has 0 spiro atoms. The highest BCUT2D eigenvalue weighted by Gasteiger charge is 2.15. The molecule has 2 rings (SSSR count). The van der Waals surface area contributed by atoms with Crippen LogP contribution in [-0.4, -0.2) is 27.5 Å². The van der Waals surface area contributed by atoms with Gasteiger partial charge >= 0.3 is 5.97 Å². The van der Waals surface area contributed by atoms with E-state index in [1.165, 1.54) is 17.5 Å². The van der Waals surface area contributed by atoms with Gasteiger partial charge in [0.15, 0.2) is 10.8 Å². The first-order chi connectivity index (χ1) is 8.61. The zero-order chi connectivity index (χ0) is 13.1. The third kappa shape index (κ3) is 2.65. The second kappa shape index (κ2) is 5.41. The Morgan fingerprint density at radius 3 is 2.83 bits per heavy atom. The molecule has 2 aromatic rings. The molecule has 0 amide bonds. The van der Waals surface area contributed by atoms with E-state index in [0.29, 0.717) is 10.8 Å². The van der Waals surface area contributed by atoms with Crippen molar-refractivity contribution in [1.29, 1.82) is 0 Å². The molecule has 0 aliphatic carbocycles. The molecule has 0 aliphatic heterocycles. The van der Waals surface area contributed by atoms with Crippen LogP contribution in [0.25, 0.3) is 10.8 Å². The first-order valence-electron chi connectivity index (χ1n) is 5.24. The number of hydrogen-bond donors (Lipinski definition) is 0. The van der Waals surface area contributed by atoms with Crippen LogP contribution in [0.3, 0.4) is 0 Å². The quantitative estimate of drug-likeness (QED) is 0.640. The van der Waals surface area contributed by atoms with Crippen LogP contribution in [0.1, 0.15) is 23.0 Å². The lowest BCUT2D eigenvalue weighted by atomic mass is 10.3. The van der Waals surface area contributed by atoms with Crippen molar-refractivity contribution < 1.29 is 9.53 Å². The monoisotopic (exact) mass is 283 g/mol. The van der Waals surface area contributed by atoms with Crippen LogP contribution < -0.4 is 0 Å². The van der Waals surface area contributed by atoms with Crippen molar-refractivity contribution >= 4 is 28.9 Å². The number of carbonyl (C=O) groups excluding carboxylic acids is 1. The van der Waals surface area contributed by atoms with Crippen LogP contribution in [0, 0.1) is 6.92 Å². The molecule has 2 heterocycles. The normalized spacial score (nSPS) is 10.4. The van der Waals surface area contributed by atoms with Gasteiger partial charge in [-0.3, -0.25) is 0 Å². The zero-order valence-electron chi connectivity index (χ0n) is 9.81. The number of thiazole rings is 1. The van der Waals surface area contributed by atoms with E-state index in [-0.39, 0.29) is 17.3 Å². The number of esters is 1. The van der Waals surface area contributed by atoms with Gasteiger partial charge in [0.2, 0.25) is 0 Å². The maximum atomic E-state index is 11.5. The molecule has 0 fully saturated rings. The average Bonchev–Trinajstić information content (AvgIpc) is 2.76. The molecular weight excluding hydrogens is 274 g/mol. The number of aromatic nitrogens is 3. The average molecular weight is 284 g/mol. The van der Waals surface area contributed by atoms with Crippen LogP contribution in [0.5, 0.6) is 0 Å². The number of ether oxygens (including phenoxy) is 1. The fourth-order valence-corrected chi connectivity index (χ4v) is 2.21. The molecular formula is C11H10ClN3O2S. The van der Waals surface area contributed by atoms with Crippen LogP contribution in [0.2, 0.25) is 5.15 Å². The van der Waals surface area contributed by atoms with Crippen molar-refractivity contribution in [3.63, 3.8) is 0 Å². The summed E-state index contributed by atoms with van der Waals surface area (Å²) in [5.41, 5.74) is 1.06. The molecule has 0 radical (unpaired) electrons. The first-order valence-corrected chi connectivity index (χ1v) is 6.49. The SMILES string of the molecule is CCOC(=O)c1cnc(-c2nc(C)cs2)nc1Cl. The molecule has 0 N–H and O–H groups in total. The minimum absolute atomic E-state index is 0.0753. The van der Waals surface area contributed by atoms with Crippen molar-refractivity contribution in [3.05, 3.63) is 28.0 Å². The number of rotatable bonds is 3. The van der Waals surface area contributed by atoms with E-state index in [4.69, 9.17) is 16.3 Å². The van der Waals surface area contributed by atoms with Gasteiger partial charge in [-0.05, 0) is 13.8 Å². The predicted octanol–water partition coefficient (Wildman–Crippen LogP) is 2.74. The summed E-state index contributed by atoms with van der Waals surface area (Å²) in [6, 6.07) is 0.